The SMILES string of the molecule is CC(=O)N([C@@H](C)C(=O)O)S(=O)(=O)c1ccc(C)cc1. The highest BCUT2D eigenvalue weighted by molar-refractivity contribution is 7.89. The number of benzene rings is 1. The van der Waals surface area contributed by atoms with Crippen molar-refractivity contribution in [2.24, 2.45) is 0 Å². The number of carbonyl (C=O) groups excluding carboxylic acids is 1. The fraction of sp³-hybridized carbons (Fsp3) is 0.333. The summed E-state index contributed by atoms with van der Waals surface area (Å²) in [7, 11) is -4.16. The number of hydrogen-bond acceptors (Lipinski definition) is 4. The first-order valence-electron chi connectivity index (χ1n) is 5.52. The van der Waals surface area contributed by atoms with E-state index in [1.807, 2.05) is 0 Å². The zero-order valence-corrected chi connectivity index (χ0v) is 11.6. The predicted molar refractivity (Wildman–Crippen MR) is 68.0 cm³/mol. The van der Waals surface area contributed by atoms with Crippen LogP contribution in [0.2, 0.25) is 0 Å². The molecule has 0 heterocycles. The van der Waals surface area contributed by atoms with E-state index in [1.54, 1.807) is 19.1 Å². The molecule has 0 aliphatic carbocycles. The van der Waals surface area contributed by atoms with Crippen molar-refractivity contribution in [2.45, 2.75) is 31.7 Å². The van der Waals surface area contributed by atoms with Gasteiger partial charge in [-0.1, -0.05) is 17.7 Å². The highest BCUT2D eigenvalue weighted by Crippen LogP contribution is 2.19. The van der Waals surface area contributed by atoms with Crippen LogP contribution in [-0.4, -0.2) is 35.7 Å². The van der Waals surface area contributed by atoms with E-state index in [9.17, 15) is 18.0 Å². The molecule has 1 N–H and O–H groups in total. The second-order valence-corrected chi connectivity index (χ2v) is 5.96. The van der Waals surface area contributed by atoms with Crippen LogP contribution in [0.5, 0.6) is 0 Å². The lowest BCUT2D eigenvalue weighted by Gasteiger charge is -2.24. The first-order valence-corrected chi connectivity index (χ1v) is 6.96. The molecule has 0 aromatic heterocycles. The van der Waals surface area contributed by atoms with E-state index in [0.29, 0.717) is 4.31 Å². The van der Waals surface area contributed by atoms with Crippen LogP contribution >= 0.6 is 0 Å². The van der Waals surface area contributed by atoms with Gasteiger partial charge >= 0.3 is 5.97 Å². The molecule has 0 radical (unpaired) electrons. The summed E-state index contributed by atoms with van der Waals surface area (Å²) in [5.74, 6) is -2.22. The molecule has 1 rings (SSSR count). The van der Waals surface area contributed by atoms with Crippen molar-refractivity contribution >= 4 is 21.9 Å². The highest BCUT2D eigenvalue weighted by Gasteiger charge is 2.34. The van der Waals surface area contributed by atoms with Gasteiger partial charge in [0.1, 0.15) is 6.04 Å². The molecule has 0 spiro atoms. The monoisotopic (exact) mass is 285 g/mol. The number of sulfonamides is 1. The second-order valence-electron chi connectivity index (χ2n) is 4.15. The molecule has 0 saturated heterocycles. The van der Waals surface area contributed by atoms with E-state index >= 15 is 0 Å². The third-order valence-electron chi connectivity index (χ3n) is 2.60. The molecule has 1 atom stereocenters. The molecule has 6 nitrogen and oxygen atoms in total. The number of hydrogen-bond donors (Lipinski definition) is 1. The number of amides is 1. The first kappa shape index (κ1) is 15.2. The van der Waals surface area contributed by atoms with Crippen molar-refractivity contribution in [3.8, 4) is 0 Å². The van der Waals surface area contributed by atoms with Gasteiger partial charge in [-0.05, 0) is 26.0 Å². The van der Waals surface area contributed by atoms with Crippen molar-refractivity contribution in [1.29, 1.82) is 0 Å². The van der Waals surface area contributed by atoms with Gasteiger partial charge in [-0.25, -0.2) is 17.5 Å². The summed E-state index contributed by atoms with van der Waals surface area (Å²) in [4.78, 5) is 22.3. The third kappa shape index (κ3) is 3.11. The van der Waals surface area contributed by atoms with Crippen LogP contribution in [0.25, 0.3) is 0 Å². The molecule has 104 valence electrons. The van der Waals surface area contributed by atoms with Crippen molar-refractivity contribution in [3.05, 3.63) is 29.8 Å². The number of aryl methyl sites for hydroxylation is 1. The fourth-order valence-electron chi connectivity index (χ4n) is 1.57. The van der Waals surface area contributed by atoms with Crippen molar-refractivity contribution in [2.75, 3.05) is 0 Å². The maximum atomic E-state index is 12.3. The maximum Gasteiger partial charge on any atom is 0.327 e. The zero-order chi connectivity index (χ0) is 14.8. The molecule has 0 bridgehead atoms. The number of nitrogens with zero attached hydrogens (tertiary/aromatic N) is 1. The summed E-state index contributed by atoms with van der Waals surface area (Å²) < 4.78 is 24.9. The fourth-order valence-corrected chi connectivity index (χ4v) is 3.13. The molecule has 0 aliphatic heterocycles. The van der Waals surface area contributed by atoms with Gasteiger partial charge in [-0.15, -0.1) is 0 Å². The number of carbonyl (C=O) groups is 2. The highest BCUT2D eigenvalue weighted by atomic mass is 32.2. The molecule has 0 unspecified atom stereocenters. The number of carboxylic acids is 1. The molecule has 1 aromatic carbocycles. The van der Waals surface area contributed by atoms with Crippen LogP contribution in [-0.2, 0) is 19.6 Å². The zero-order valence-electron chi connectivity index (χ0n) is 10.8. The first-order chi connectivity index (χ1) is 8.67. The van der Waals surface area contributed by atoms with E-state index in [-0.39, 0.29) is 4.90 Å². The van der Waals surface area contributed by atoms with Gasteiger partial charge in [-0.3, -0.25) is 4.79 Å². The van der Waals surface area contributed by atoms with Crippen LogP contribution in [0.4, 0.5) is 0 Å². The van der Waals surface area contributed by atoms with Crippen LogP contribution in [0.1, 0.15) is 19.4 Å². The molecule has 1 aromatic rings. The second kappa shape index (κ2) is 5.40. The molecule has 19 heavy (non-hydrogen) atoms. The topological polar surface area (TPSA) is 91.8 Å². The summed E-state index contributed by atoms with van der Waals surface area (Å²) >= 11 is 0. The molecule has 7 heteroatoms. The van der Waals surface area contributed by atoms with E-state index in [1.165, 1.54) is 12.1 Å². The van der Waals surface area contributed by atoms with E-state index in [0.717, 1.165) is 19.4 Å². The van der Waals surface area contributed by atoms with Gasteiger partial charge in [0.2, 0.25) is 5.91 Å². The lowest BCUT2D eigenvalue weighted by Crippen LogP contribution is -2.45. The smallest absolute Gasteiger partial charge is 0.327 e. The van der Waals surface area contributed by atoms with Crippen molar-refractivity contribution in [1.82, 2.24) is 4.31 Å². The summed E-state index contributed by atoms with van der Waals surface area (Å²) in [5.41, 5.74) is 0.861. The lowest BCUT2D eigenvalue weighted by atomic mass is 10.2. The normalized spacial score (nSPS) is 12.8. The quantitative estimate of drug-likeness (QED) is 0.891. The number of aliphatic carboxylic acids is 1. The van der Waals surface area contributed by atoms with E-state index in [2.05, 4.69) is 0 Å². The Kier molecular flexibility index (Phi) is 4.31. The summed E-state index contributed by atoms with van der Waals surface area (Å²) in [6.45, 7) is 3.96. The molecular weight excluding hydrogens is 270 g/mol. The van der Waals surface area contributed by atoms with Crippen LogP contribution < -0.4 is 0 Å². The van der Waals surface area contributed by atoms with Crippen molar-refractivity contribution in [3.63, 3.8) is 0 Å². The molecular formula is C12H15NO5S. The van der Waals surface area contributed by atoms with Crippen LogP contribution in [0, 0.1) is 6.92 Å². The van der Waals surface area contributed by atoms with Gasteiger partial charge in [0.15, 0.2) is 0 Å². The maximum absolute atomic E-state index is 12.3. The number of rotatable bonds is 4. The Morgan fingerprint density at radius 1 is 1.21 bits per heavy atom. The Bertz CT molecular complexity index is 591. The Balaban J connectivity index is 3.32. The Hall–Kier alpha value is -1.89. The molecule has 0 fully saturated rings. The van der Waals surface area contributed by atoms with Crippen LogP contribution in [0.3, 0.4) is 0 Å². The molecule has 0 aliphatic rings. The summed E-state index contributed by atoms with van der Waals surface area (Å²) in [6.07, 6.45) is 0. The summed E-state index contributed by atoms with van der Waals surface area (Å²) in [6, 6.07) is 4.39. The number of carboxylic acid groups (broad SMARTS) is 1. The minimum atomic E-state index is -4.16. The molecule has 1 amide bonds. The van der Waals surface area contributed by atoms with Gasteiger partial charge in [-0.2, -0.15) is 0 Å². The van der Waals surface area contributed by atoms with Gasteiger partial charge in [0.05, 0.1) is 4.90 Å². The van der Waals surface area contributed by atoms with Crippen LogP contribution in [0.15, 0.2) is 29.2 Å². The average molecular weight is 285 g/mol. The van der Waals surface area contributed by atoms with Crippen molar-refractivity contribution < 1.29 is 23.1 Å². The van der Waals surface area contributed by atoms with Gasteiger partial charge in [0, 0.05) is 6.92 Å². The summed E-state index contributed by atoms with van der Waals surface area (Å²) in [5, 5.41) is 8.90. The van der Waals surface area contributed by atoms with E-state index in [4.69, 9.17) is 5.11 Å². The average Bonchev–Trinajstić information content (AvgIpc) is 2.28. The Labute approximate surface area is 111 Å². The van der Waals surface area contributed by atoms with E-state index < -0.39 is 27.9 Å². The standard InChI is InChI=1S/C12H15NO5S/c1-8-4-6-11(7-5-8)19(17,18)13(10(3)14)9(2)12(15)16/h4-7,9H,1-3H3,(H,15,16)/t9-/m0/s1. The van der Waals surface area contributed by atoms with Gasteiger partial charge < -0.3 is 5.11 Å². The minimum absolute atomic E-state index is 0.110. The Morgan fingerprint density at radius 2 is 1.68 bits per heavy atom. The predicted octanol–water partition coefficient (Wildman–Crippen LogP) is 1.01. The minimum Gasteiger partial charge on any atom is -0.480 e. The van der Waals surface area contributed by atoms with Gasteiger partial charge in [0.25, 0.3) is 10.0 Å². The third-order valence-corrected chi connectivity index (χ3v) is 4.56. The molecule has 0 saturated carbocycles. The Morgan fingerprint density at radius 3 is 2.05 bits per heavy atom. The lowest BCUT2D eigenvalue weighted by molar-refractivity contribution is -0.144. The largest absolute Gasteiger partial charge is 0.480 e.